The molecule has 1 atom stereocenters. The number of aryl methyl sites for hydroxylation is 1. The number of hydrogen-bond donors (Lipinski definition) is 0. The van der Waals surface area contributed by atoms with Crippen molar-refractivity contribution in [3.8, 4) is 6.07 Å². The molecule has 2 aromatic rings. The largest absolute Gasteiger partial charge is 0.292 e. The molecule has 0 N–H and O–H groups in total. The van der Waals surface area contributed by atoms with Gasteiger partial charge in [-0.1, -0.05) is 28.1 Å². The van der Waals surface area contributed by atoms with Crippen LogP contribution in [0.15, 0.2) is 47.2 Å². The molecule has 1 aromatic carbocycles. The number of halogens is 1. The Labute approximate surface area is 120 Å². The molecule has 1 aromatic heterocycles. The van der Waals surface area contributed by atoms with E-state index in [0.29, 0.717) is 11.1 Å². The van der Waals surface area contributed by atoms with Crippen LogP contribution in [0.3, 0.4) is 0 Å². The van der Waals surface area contributed by atoms with Crippen molar-refractivity contribution in [1.82, 2.24) is 4.98 Å². The summed E-state index contributed by atoms with van der Waals surface area (Å²) in [5.74, 6) is -1.02. The minimum Gasteiger partial charge on any atom is -0.292 e. The van der Waals surface area contributed by atoms with Gasteiger partial charge >= 0.3 is 0 Å². The standard InChI is InChI=1S/C15H11BrN2O/c1-10-4-5-12(16)7-13(10)15(19)14(8-17)11-3-2-6-18-9-11/h2-7,9,14H,1H3. The number of ketones is 1. The maximum Gasteiger partial charge on any atom is 0.184 e. The molecule has 0 amide bonds. The molecule has 1 heterocycles. The predicted molar refractivity (Wildman–Crippen MR) is 75.8 cm³/mol. The van der Waals surface area contributed by atoms with Crippen LogP contribution in [0.25, 0.3) is 0 Å². The van der Waals surface area contributed by atoms with E-state index in [0.717, 1.165) is 10.0 Å². The summed E-state index contributed by atoms with van der Waals surface area (Å²) in [7, 11) is 0. The molecular formula is C15H11BrN2O. The molecule has 0 saturated heterocycles. The molecule has 0 spiro atoms. The highest BCUT2D eigenvalue weighted by Crippen LogP contribution is 2.24. The van der Waals surface area contributed by atoms with E-state index in [2.05, 4.69) is 27.0 Å². The van der Waals surface area contributed by atoms with Gasteiger partial charge in [-0.3, -0.25) is 9.78 Å². The highest BCUT2D eigenvalue weighted by molar-refractivity contribution is 9.10. The molecule has 0 aliphatic carbocycles. The molecule has 94 valence electrons. The van der Waals surface area contributed by atoms with E-state index in [1.807, 2.05) is 19.1 Å². The van der Waals surface area contributed by atoms with E-state index in [9.17, 15) is 10.1 Å². The highest BCUT2D eigenvalue weighted by atomic mass is 79.9. The fourth-order valence-corrected chi connectivity index (χ4v) is 2.21. The zero-order chi connectivity index (χ0) is 13.8. The number of Topliss-reactive ketones (excluding diaryl/α,β-unsaturated/α-hetero) is 1. The molecule has 0 fully saturated rings. The summed E-state index contributed by atoms with van der Waals surface area (Å²) in [4.78, 5) is 16.4. The van der Waals surface area contributed by atoms with Crippen molar-refractivity contribution < 1.29 is 4.79 Å². The second kappa shape index (κ2) is 5.77. The maximum absolute atomic E-state index is 12.5. The van der Waals surface area contributed by atoms with Crippen molar-refractivity contribution in [2.75, 3.05) is 0 Å². The minimum atomic E-state index is -0.818. The van der Waals surface area contributed by atoms with Crippen LogP contribution < -0.4 is 0 Å². The lowest BCUT2D eigenvalue weighted by atomic mass is 9.91. The summed E-state index contributed by atoms with van der Waals surface area (Å²) < 4.78 is 0.823. The second-order valence-corrected chi connectivity index (χ2v) is 5.09. The molecule has 2 rings (SSSR count). The first-order valence-electron chi connectivity index (χ1n) is 5.73. The summed E-state index contributed by atoms with van der Waals surface area (Å²) in [5, 5.41) is 9.26. The zero-order valence-corrected chi connectivity index (χ0v) is 11.9. The first-order valence-corrected chi connectivity index (χ1v) is 6.52. The van der Waals surface area contributed by atoms with Gasteiger partial charge in [0.05, 0.1) is 6.07 Å². The van der Waals surface area contributed by atoms with Gasteiger partial charge in [0.15, 0.2) is 5.78 Å². The van der Waals surface area contributed by atoms with Crippen molar-refractivity contribution in [2.24, 2.45) is 0 Å². The molecule has 19 heavy (non-hydrogen) atoms. The molecule has 0 radical (unpaired) electrons. The SMILES string of the molecule is Cc1ccc(Br)cc1C(=O)C(C#N)c1cccnc1. The number of rotatable bonds is 3. The van der Waals surface area contributed by atoms with E-state index in [1.165, 1.54) is 0 Å². The maximum atomic E-state index is 12.5. The van der Waals surface area contributed by atoms with Crippen molar-refractivity contribution >= 4 is 21.7 Å². The summed E-state index contributed by atoms with van der Waals surface area (Å²) in [6.07, 6.45) is 3.17. The Morgan fingerprint density at radius 2 is 2.21 bits per heavy atom. The number of carbonyl (C=O) groups excluding carboxylic acids is 1. The molecule has 1 unspecified atom stereocenters. The number of benzene rings is 1. The molecule has 3 nitrogen and oxygen atoms in total. The number of hydrogen-bond acceptors (Lipinski definition) is 3. The number of aromatic nitrogens is 1. The first kappa shape index (κ1) is 13.4. The normalized spacial score (nSPS) is 11.6. The Morgan fingerprint density at radius 1 is 1.42 bits per heavy atom. The lowest BCUT2D eigenvalue weighted by molar-refractivity contribution is 0.0978. The van der Waals surface area contributed by atoms with Gasteiger partial charge in [0, 0.05) is 22.4 Å². The average molecular weight is 315 g/mol. The van der Waals surface area contributed by atoms with Gasteiger partial charge in [0.25, 0.3) is 0 Å². The Morgan fingerprint density at radius 3 is 2.84 bits per heavy atom. The first-order chi connectivity index (χ1) is 9.13. The van der Waals surface area contributed by atoms with Crippen LogP contribution in [0.1, 0.15) is 27.4 Å². The van der Waals surface area contributed by atoms with Gasteiger partial charge in [0.2, 0.25) is 0 Å². The van der Waals surface area contributed by atoms with Crippen LogP contribution in [-0.4, -0.2) is 10.8 Å². The lowest BCUT2D eigenvalue weighted by Crippen LogP contribution is -2.12. The minimum absolute atomic E-state index is 0.200. The topological polar surface area (TPSA) is 53.8 Å². The van der Waals surface area contributed by atoms with Crippen molar-refractivity contribution in [2.45, 2.75) is 12.8 Å². The fraction of sp³-hybridized carbons (Fsp3) is 0.133. The Kier molecular flexibility index (Phi) is 4.08. The molecule has 0 aliphatic heterocycles. The van der Waals surface area contributed by atoms with Gasteiger partial charge in [-0.05, 0) is 36.2 Å². The smallest absolute Gasteiger partial charge is 0.184 e. The molecule has 0 aliphatic rings. The van der Waals surface area contributed by atoms with Crippen LogP contribution in [0, 0.1) is 18.3 Å². The van der Waals surface area contributed by atoms with Crippen LogP contribution >= 0.6 is 15.9 Å². The van der Waals surface area contributed by atoms with Crippen molar-refractivity contribution in [1.29, 1.82) is 5.26 Å². The summed E-state index contributed by atoms with van der Waals surface area (Å²) in [5.41, 5.74) is 2.04. The van der Waals surface area contributed by atoms with Gasteiger partial charge < -0.3 is 0 Å². The van der Waals surface area contributed by atoms with Crippen molar-refractivity contribution in [3.05, 3.63) is 63.9 Å². The van der Waals surface area contributed by atoms with Gasteiger partial charge in [-0.25, -0.2) is 0 Å². The predicted octanol–water partition coefficient (Wildman–Crippen LogP) is 3.64. The number of pyridine rings is 1. The van der Waals surface area contributed by atoms with E-state index >= 15 is 0 Å². The van der Waals surface area contributed by atoms with E-state index in [4.69, 9.17) is 0 Å². The third-order valence-electron chi connectivity index (χ3n) is 2.87. The fourth-order valence-electron chi connectivity index (χ4n) is 1.85. The van der Waals surface area contributed by atoms with Gasteiger partial charge in [-0.15, -0.1) is 0 Å². The lowest BCUT2D eigenvalue weighted by Gasteiger charge is -2.10. The van der Waals surface area contributed by atoms with E-state index < -0.39 is 5.92 Å². The summed E-state index contributed by atoms with van der Waals surface area (Å²) in [6, 6.07) is 11.0. The van der Waals surface area contributed by atoms with Crippen molar-refractivity contribution in [3.63, 3.8) is 0 Å². The zero-order valence-electron chi connectivity index (χ0n) is 10.3. The molecular weight excluding hydrogens is 304 g/mol. The Balaban J connectivity index is 2.43. The number of nitrogens with zero attached hydrogens (tertiary/aromatic N) is 2. The van der Waals surface area contributed by atoms with E-state index in [1.54, 1.807) is 30.6 Å². The van der Waals surface area contributed by atoms with E-state index in [-0.39, 0.29) is 5.78 Å². The third-order valence-corrected chi connectivity index (χ3v) is 3.37. The Bertz CT molecular complexity index is 647. The van der Waals surface area contributed by atoms with Crippen LogP contribution in [0.4, 0.5) is 0 Å². The van der Waals surface area contributed by atoms with Gasteiger partial charge in [0.1, 0.15) is 5.92 Å². The number of carbonyl (C=O) groups is 1. The van der Waals surface area contributed by atoms with Gasteiger partial charge in [-0.2, -0.15) is 5.26 Å². The summed E-state index contributed by atoms with van der Waals surface area (Å²) in [6.45, 7) is 1.86. The van der Waals surface area contributed by atoms with Crippen LogP contribution in [-0.2, 0) is 0 Å². The molecule has 4 heteroatoms. The average Bonchev–Trinajstić information content (AvgIpc) is 2.43. The second-order valence-electron chi connectivity index (χ2n) is 4.17. The quantitative estimate of drug-likeness (QED) is 0.813. The van der Waals surface area contributed by atoms with Crippen LogP contribution in [0.2, 0.25) is 0 Å². The molecule has 0 saturated carbocycles. The third kappa shape index (κ3) is 2.88. The Hall–Kier alpha value is -1.99. The summed E-state index contributed by atoms with van der Waals surface area (Å²) >= 11 is 3.34. The van der Waals surface area contributed by atoms with Crippen LogP contribution in [0.5, 0.6) is 0 Å². The monoisotopic (exact) mass is 314 g/mol. The molecule has 0 bridgehead atoms. The highest BCUT2D eigenvalue weighted by Gasteiger charge is 2.23. The number of nitriles is 1.